The Morgan fingerprint density at radius 2 is 2.31 bits per heavy atom. The number of hydrogen-bond acceptors (Lipinski definition) is 5. The van der Waals surface area contributed by atoms with E-state index in [2.05, 4.69) is 28.7 Å². The molecular weight excluding hydrogens is 202 g/mol. The summed E-state index contributed by atoms with van der Waals surface area (Å²) < 4.78 is 0. The maximum absolute atomic E-state index is 4.17. The van der Waals surface area contributed by atoms with E-state index in [-0.39, 0.29) is 0 Å². The van der Waals surface area contributed by atoms with Crippen LogP contribution < -0.4 is 5.32 Å². The molecule has 0 fully saturated rings. The molecule has 0 aromatic carbocycles. The molecule has 0 saturated heterocycles. The van der Waals surface area contributed by atoms with Gasteiger partial charge in [-0.3, -0.25) is 0 Å². The van der Waals surface area contributed by atoms with E-state index in [0.29, 0.717) is 6.04 Å². The molecule has 1 rings (SSSR count). The van der Waals surface area contributed by atoms with E-state index in [1.54, 1.807) is 23.1 Å². The molecule has 0 spiro atoms. The number of thioether (sulfide) groups is 1. The molecule has 1 unspecified atom stereocenters. The van der Waals surface area contributed by atoms with E-state index in [0.717, 1.165) is 22.2 Å². The molecule has 0 bridgehead atoms. The van der Waals surface area contributed by atoms with E-state index in [4.69, 9.17) is 0 Å². The van der Waals surface area contributed by atoms with Crippen LogP contribution in [0.1, 0.15) is 29.4 Å². The molecule has 1 atom stereocenters. The lowest BCUT2D eigenvalue weighted by Crippen LogP contribution is -2.14. The zero-order valence-electron chi connectivity index (χ0n) is 8.20. The van der Waals surface area contributed by atoms with Gasteiger partial charge in [-0.15, -0.1) is 10.2 Å². The van der Waals surface area contributed by atoms with E-state index < -0.39 is 0 Å². The van der Waals surface area contributed by atoms with Crippen LogP contribution >= 0.6 is 23.1 Å². The summed E-state index contributed by atoms with van der Waals surface area (Å²) in [4.78, 5) is 0. The molecule has 1 heterocycles. The van der Waals surface area contributed by atoms with Crippen molar-refractivity contribution in [1.29, 1.82) is 0 Å². The normalized spacial score (nSPS) is 13.2. The number of nitrogens with zero attached hydrogens (tertiary/aromatic N) is 2. The van der Waals surface area contributed by atoms with Gasteiger partial charge in [0.25, 0.3) is 0 Å². The third-order valence-electron chi connectivity index (χ3n) is 1.81. The van der Waals surface area contributed by atoms with Gasteiger partial charge in [-0.05, 0) is 19.7 Å². The molecular formula is C8H15N3S2. The highest BCUT2D eigenvalue weighted by atomic mass is 32.2. The quantitative estimate of drug-likeness (QED) is 0.819. The van der Waals surface area contributed by atoms with Crippen molar-refractivity contribution in [2.45, 2.75) is 25.1 Å². The highest BCUT2D eigenvalue weighted by molar-refractivity contribution is 7.97. The van der Waals surface area contributed by atoms with Gasteiger partial charge in [0, 0.05) is 5.75 Å². The fourth-order valence-corrected chi connectivity index (χ4v) is 2.82. The van der Waals surface area contributed by atoms with Crippen molar-refractivity contribution in [3.05, 3.63) is 10.0 Å². The average Bonchev–Trinajstić information content (AvgIpc) is 2.56. The Kier molecular flexibility index (Phi) is 4.69. The first-order chi connectivity index (χ1) is 6.31. The largest absolute Gasteiger partial charge is 0.311 e. The van der Waals surface area contributed by atoms with E-state index in [1.807, 2.05) is 7.05 Å². The zero-order valence-corrected chi connectivity index (χ0v) is 9.84. The second-order valence-corrected chi connectivity index (χ2v) is 4.68. The number of hydrogen-bond donors (Lipinski definition) is 1. The maximum atomic E-state index is 4.17. The van der Waals surface area contributed by atoms with Gasteiger partial charge in [0.05, 0.1) is 6.04 Å². The monoisotopic (exact) mass is 217 g/mol. The summed E-state index contributed by atoms with van der Waals surface area (Å²) in [5.74, 6) is 0.970. The Hall–Kier alpha value is -0.130. The smallest absolute Gasteiger partial charge is 0.134 e. The third-order valence-corrected chi connectivity index (χ3v) is 3.59. The minimum Gasteiger partial charge on any atom is -0.311 e. The van der Waals surface area contributed by atoms with Crippen LogP contribution in [0.2, 0.25) is 0 Å². The molecule has 0 amide bonds. The standard InChI is InChI=1S/C8H15N3S2/c1-4-6(9-2)8-11-10-7(13-8)5-12-3/h6,9H,4-5H2,1-3H3. The molecule has 3 nitrogen and oxygen atoms in total. The summed E-state index contributed by atoms with van der Waals surface area (Å²) in [5.41, 5.74) is 0. The Bertz CT molecular complexity index is 245. The maximum Gasteiger partial charge on any atom is 0.134 e. The summed E-state index contributed by atoms with van der Waals surface area (Å²) in [6.45, 7) is 2.15. The molecule has 0 aliphatic carbocycles. The fraction of sp³-hybridized carbons (Fsp3) is 0.750. The zero-order chi connectivity index (χ0) is 9.68. The molecule has 0 saturated carbocycles. The lowest BCUT2D eigenvalue weighted by atomic mass is 10.2. The molecule has 1 aromatic heterocycles. The van der Waals surface area contributed by atoms with Crippen molar-refractivity contribution >= 4 is 23.1 Å². The number of nitrogens with one attached hydrogen (secondary N) is 1. The Labute approximate surface area is 87.3 Å². The SMILES string of the molecule is CCC(NC)c1nnc(CSC)s1. The van der Waals surface area contributed by atoms with E-state index in [9.17, 15) is 0 Å². The van der Waals surface area contributed by atoms with Crippen molar-refractivity contribution in [1.82, 2.24) is 15.5 Å². The molecule has 1 aromatic rings. The van der Waals surface area contributed by atoms with Gasteiger partial charge in [-0.25, -0.2) is 0 Å². The first-order valence-corrected chi connectivity index (χ1v) is 6.51. The summed E-state index contributed by atoms with van der Waals surface area (Å²) in [7, 11) is 1.96. The van der Waals surface area contributed by atoms with Gasteiger partial charge in [-0.1, -0.05) is 18.3 Å². The van der Waals surface area contributed by atoms with Crippen LogP contribution in [-0.2, 0) is 5.75 Å². The molecule has 5 heteroatoms. The van der Waals surface area contributed by atoms with Crippen LogP contribution in [-0.4, -0.2) is 23.5 Å². The van der Waals surface area contributed by atoms with Gasteiger partial charge in [0.2, 0.25) is 0 Å². The van der Waals surface area contributed by atoms with E-state index in [1.165, 1.54) is 0 Å². The molecule has 0 aliphatic rings. The van der Waals surface area contributed by atoms with Crippen LogP contribution in [0, 0.1) is 0 Å². The first-order valence-electron chi connectivity index (χ1n) is 4.30. The van der Waals surface area contributed by atoms with Gasteiger partial charge in [-0.2, -0.15) is 11.8 Å². The van der Waals surface area contributed by atoms with Gasteiger partial charge >= 0.3 is 0 Å². The Morgan fingerprint density at radius 1 is 1.54 bits per heavy atom. The van der Waals surface area contributed by atoms with Crippen molar-refractivity contribution in [3.8, 4) is 0 Å². The van der Waals surface area contributed by atoms with Gasteiger partial charge in [0.15, 0.2) is 0 Å². The first kappa shape index (κ1) is 10.9. The average molecular weight is 217 g/mol. The van der Waals surface area contributed by atoms with Crippen molar-refractivity contribution in [2.75, 3.05) is 13.3 Å². The summed E-state index contributed by atoms with van der Waals surface area (Å²) in [6.07, 6.45) is 3.14. The number of rotatable bonds is 5. The summed E-state index contributed by atoms with van der Waals surface area (Å²) in [5, 5.41) is 13.8. The van der Waals surface area contributed by atoms with Crippen LogP contribution in [0.5, 0.6) is 0 Å². The van der Waals surface area contributed by atoms with Crippen LogP contribution in [0.3, 0.4) is 0 Å². The predicted octanol–water partition coefficient (Wildman–Crippen LogP) is 2.07. The molecule has 13 heavy (non-hydrogen) atoms. The Morgan fingerprint density at radius 3 is 2.85 bits per heavy atom. The third kappa shape index (κ3) is 2.93. The van der Waals surface area contributed by atoms with Crippen molar-refractivity contribution < 1.29 is 0 Å². The van der Waals surface area contributed by atoms with Crippen molar-refractivity contribution in [2.24, 2.45) is 0 Å². The fourth-order valence-electron chi connectivity index (χ4n) is 1.09. The van der Waals surface area contributed by atoms with Crippen LogP contribution in [0.4, 0.5) is 0 Å². The minimum atomic E-state index is 0.369. The van der Waals surface area contributed by atoms with Crippen molar-refractivity contribution in [3.63, 3.8) is 0 Å². The van der Waals surface area contributed by atoms with Crippen LogP contribution in [0.25, 0.3) is 0 Å². The highest BCUT2D eigenvalue weighted by Crippen LogP contribution is 2.22. The lowest BCUT2D eigenvalue weighted by molar-refractivity contribution is 0.568. The highest BCUT2D eigenvalue weighted by Gasteiger charge is 2.12. The second kappa shape index (κ2) is 5.57. The topological polar surface area (TPSA) is 37.8 Å². The molecule has 74 valence electrons. The second-order valence-electron chi connectivity index (χ2n) is 2.72. The summed E-state index contributed by atoms with van der Waals surface area (Å²) >= 11 is 3.49. The van der Waals surface area contributed by atoms with E-state index >= 15 is 0 Å². The molecule has 0 aliphatic heterocycles. The Balaban J connectivity index is 2.66. The summed E-state index contributed by atoms with van der Waals surface area (Å²) in [6, 6.07) is 0.369. The number of aromatic nitrogens is 2. The van der Waals surface area contributed by atoms with Gasteiger partial charge in [0.1, 0.15) is 10.0 Å². The lowest BCUT2D eigenvalue weighted by Gasteiger charge is -2.07. The van der Waals surface area contributed by atoms with Crippen LogP contribution in [0.15, 0.2) is 0 Å². The minimum absolute atomic E-state index is 0.369. The predicted molar refractivity (Wildman–Crippen MR) is 59.2 cm³/mol. The molecule has 1 N–H and O–H groups in total. The van der Waals surface area contributed by atoms with Gasteiger partial charge < -0.3 is 5.32 Å². The molecule has 0 radical (unpaired) electrons.